The van der Waals surface area contributed by atoms with Crippen molar-refractivity contribution < 1.29 is 9.13 Å². The second-order valence-corrected chi connectivity index (χ2v) is 8.11. The van der Waals surface area contributed by atoms with Crippen LogP contribution >= 0.6 is 11.6 Å². The summed E-state index contributed by atoms with van der Waals surface area (Å²) < 4.78 is 19.5. The number of piperazine rings is 1. The Balaban J connectivity index is 1.54. The van der Waals surface area contributed by atoms with Crippen molar-refractivity contribution in [1.82, 2.24) is 14.7 Å². The molecule has 4 nitrogen and oxygen atoms in total. The predicted octanol–water partition coefficient (Wildman–Crippen LogP) is 3.34. The maximum atomic E-state index is 14.2. The van der Waals surface area contributed by atoms with Crippen molar-refractivity contribution in [2.75, 3.05) is 53.4 Å². The number of hydrogen-bond acceptors (Lipinski definition) is 4. The second kappa shape index (κ2) is 8.87. The quantitative estimate of drug-likeness (QED) is 0.776. The van der Waals surface area contributed by atoms with Crippen LogP contribution in [-0.4, -0.2) is 74.2 Å². The molecule has 0 aromatic heterocycles. The number of likely N-dealkylation sites (tertiary alicyclic amines) is 1. The summed E-state index contributed by atoms with van der Waals surface area (Å²) in [7, 11) is 3.76. The van der Waals surface area contributed by atoms with Crippen molar-refractivity contribution in [3.63, 3.8) is 0 Å². The van der Waals surface area contributed by atoms with Crippen LogP contribution in [0.3, 0.4) is 0 Å². The first kappa shape index (κ1) is 19.9. The maximum absolute atomic E-state index is 14.2. The van der Waals surface area contributed by atoms with Gasteiger partial charge in [-0.25, -0.2) is 4.39 Å². The van der Waals surface area contributed by atoms with Gasteiger partial charge in [0.1, 0.15) is 11.6 Å². The minimum atomic E-state index is -0.247. The summed E-state index contributed by atoms with van der Waals surface area (Å²) in [6.07, 6.45) is 2.33. The lowest BCUT2D eigenvalue weighted by molar-refractivity contribution is 0.0596. The lowest BCUT2D eigenvalue weighted by atomic mass is 9.89. The lowest BCUT2D eigenvalue weighted by Crippen LogP contribution is -2.51. The van der Waals surface area contributed by atoms with E-state index in [1.165, 1.54) is 19.2 Å². The molecule has 2 aliphatic rings. The highest BCUT2D eigenvalue weighted by Gasteiger charge is 2.29. The summed E-state index contributed by atoms with van der Waals surface area (Å²) in [6.45, 7) is 9.59. The molecule has 0 N–H and O–H groups in total. The molecule has 2 heterocycles. The Kier molecular flexibility index (Phi) is 6.78. The van der Waals surface area contributed by atoms with Gasteiger partial charge in [-0.1, -0.05) is 11.6 Å². The fourth-order valence-electron chi connectivity index (χ4n) is 4.22. The summed E-state index contributed by atoms with van der Waals surface area (Å²) in [5, 5.41) is 0.403. The first-order valence-corrected chi connectivity index (χ1v) is 10.0. The number of halogens is 2. The van der Waals surface area contributed by atoms with Crippen molar-refractivity contribution >= 4 is 11.6 Å². The highest BCUT2D eigenvalue weighted by molar-refractivity contribution is 6.32. The Morgan fingerprint density at radius 2 is 1.81 bits per heavy atom. The largest absolute Gasteiger partial charge is 0.495 e. The molecular weight excluding hydrogens is 353 g/mol. The molecule has 3 rings (SSSR count). The Bertz CT molecular complexity index is 599. The average Bonchev–Trinajstić information content (AvgIpc) is 2.66. The lowest BCUT2D eigenvalue weighted by Gasteiger charge is -2.42. The van der Waals surface area contributed by atoms with E-state index in [1.54, 1.807) is 13.2 Å². The van der Waals surface area contributed by atoms with Crippen molar-refractivity contribution in [1.29, 1.82) is 0 Å². The molecule has 2 fully saturated rings. The van der Waals surface area contributed by atoms with E-state index < -0.39 is 0 Å². The normalized spacial score (nSPS) is 22.5. The van der Waals surface area contributed by atoms with E-state index >= 15 is 0 Å². The van der Waals surface area contributed by atoms with Gasteiger partial charge in [0, 0.05) is 44.3 Å². The monoisotopic (exact) mass is 383 g/mol. The van der Waals surface area contributed by atoms with Gasteiger partial charge in [0.25, 0.3) is 0 Å². The molecule has 26 heavy (non-hydrogen) atoms. The highest BCUT2D eigenvalue weighted by atomic mass is 35.5. The van der Waals surface area contributed by atoms with Crippen LogP contribution in [0.1, 0.15) is 25.3 Å². The van der Waals surface area contributed by atoms with Gasteiger partial charge in [-0.3, -0.25) is 9.80 Å². The Morgan fingerprint density at radius 3 is 2.42 bits per heavy atom. The van der Waals surface area contributed by atoms with E-state index in [4.69, 9.17) is 16.3 Å². The number of ether oxygens (including phenoxy) is 1. The highest BCUT2D eigenvalue weighted by Crippen LogP contribution is 2.32. The molecule has 0 spiro atoms. The van der Waals surface area contributed by atoms with E-state index in [1.807, 2.05) is 0 Å². The molecule has 1 atom stereocenters. The van der Waals surface area contributed by atoms with Gasteiger partial charge in [0.15, 0.2) is 0 Å². The average molecular weight is 384 g/mol. The van der Waals surface area contributed by atoms with Gasteiger partial charge in [-0.05, 0) is 58.0 Å². The van der Waals surface area contributed by atoms with Gasteiger partial charge in [-0.2, -0.15) is 0 Å². The SMILES string of the molecule is COc1ccc(F)c(CN2CCC(C(C)N3CCN(C)CC3)CC2)c1Cl. The number of piperidine rings is 1. The number of nitrogens with zero attached hydrogens (tertiary/aromatic N) is 3. The molecule has 1 aromatic rings. The van der Waals surface area contributed by atoms with Crippen molar-refractivity contribution in [2.24, 2.45) is 5.92 Å². The van der Waals surface area contributed by atoms with Crippen LogP contribution in [-0.2, 0) is 6.54 Å². The molecule has 1 aromatic carbocycles. The zero-order valence-electron chi connectivity index (χ0n) is 16.2. The van der Waals surface area contributed by atoms with Gasteiger partial charge in [-0.15, -0.1) is 0 Å². The van der Waals surface area contributed by atoms with Crippen LogP contribution in [0.4, 0.5) is 4.39 Å². The van der Waals surface area contributed by atoms with Crippen molar-refractivity contribution in [3.05, 3.63) is 28.5 Å². The third-order valence-corrected chi connectivity index (χ3v) is 6.59. The minimum absolute atomic E-state index is 0.247. The second-order valence-electron chi connectivity index (χ2n) is 7.74. The van der Waals surface area contributed by atoms with Crippen LogP contribution < -0.4 is 4.74 Å². The van der Waals surface area contributed by atoms with Gasteiger partial charge in [0.2, 0.25) is 0 Å². The topological polar surface area (TPSA) is 19.0 Å². The number of methoxy groups -OCH3 is 1. The van der Waals surface area contributed by atoms with E-state index in [0.717, 1.165) is 44.9 Å². The van der Waals surface area contributed by atoms with Crippen molar-refractivity contribution in [2.45, 2.75) is 32.4 Å². The van der Waals surface area contributed by atoms with Gasteiger partial charge in [0.05, 0.1) is 12.1 Å². The third-order valence-electron chi connectivity index (χ3n) is 6.18. The zero-order valence-corrected chi connectivity index (χ0v) is 16.9. The molecular formula is C20H31ClFN3O. The number of benzene rings is 1. The summed E-state index contributed by atoms with van der Waals surface area (Å²) in [4.78, 5) is 7.36. The fraction of sp³-hybridized carbons (Fsp3) is 0.700. The molecule has 2 aliphatic heterocycles. The van der Waals surface area contributed by atoms with Gasteiger partial charge >= 0.3 is 0 Å². The summed E-state index contributed by atoms with van der Waals surface area (Å²) >= 11 is 6.32. The number of likely N-dealkylation sites (N-methyl/N-ethyl adjacent to an activating group) is 1. The van der Waals surface area contributed by atoms with Crippen LogP contribution in [0.5, 0.6) is 5.75 Å². The summed E-state index contributed by atoms with van der Waals surface area (Å²) in [5.41, 5.74) is 0.552. The zero-order chi connectivity index (χ0) is 18.7. The molecule has 1 unspecified atom stereocenters. The first-order valence-electron chi connectivity index (χ1n) is 9.65. The maximum Gasteiger partial charge on any atom is 0.137 e. The van der Waals surface area contributed by atoms with E-state index in [2.05, 4.69) is 28.7 Å². The minimum Gasteiger partial charge on any atom is -0.495 e. The fourth-order valence-corrected chi connectivity index (χ4v) is 4.51. The van der Waals surface area contributed by atoms with Gasteiger partial charge < -0.3 is 9.64 Å². The smallest absolute Gasteiger partial charge is 0.137 e. The van der Waals surface area contributed by atoms with Crippen LogP contribution in [0.25, 0.3) is 0 Å². The molecule has 0 amide bonds. The standard InChI is InChI=1S/C20H31ClFN3O/c1-15(25-12-10-23(2)11-13-25)16-6-8-24(9-7-16)14-17-18(22)4-5-19(26-3)20(17)21/h4-5,15-16H,6-14H2,1-3H3. The summed E-state index contributed by atoms with van der Waals surface area (Å²) in [6, 6.07) is 3.66. The summed E-state index contributed by atoms with van der Waals surface area (Å²) in [5.74, 6) is 1.02. The number of rotatable bonds is 5. The van der Waals surface area contributed by atoms with Crippen LogP contribution in [0.2, 0.25) is 5.02 Å². The van der Waals surface area contributed by atoms with Crippen molar-refractivity contribution in [3.8, 4) is 5.75 Å². The third kappa shape index (κ3) is 4.50. The molecule has 0 saturated carbocycles. The number of hydrogen-bond donors (Lipinski definition) is 0. The van der Waals surface area contributed by atoms with Crippen LogP contribution in [0.15, 0.2) is 12.1 Å². The molecule has 146 valence electrons. The van der Waals surface area contributed by atoms with E-state index in [9.17, 15) is 4.39 Å². The molecule has 0 aliphatic carbocycles. The molecule has 0 bridgehead atoms. The Labute approximate surface area is 161 Å². The van der Waals surface area contributed by atoms with E-state index in [0.29, 0.717) is 28.9 Å². The molecule has 6 heteroatoms. The first-order chi connectivity index (χ1) is 12.5. The molecule has 2 saturated heterocycles. The van der Waals surface area contributed by atoms with Crippen LogP contribution in [0, 0.1) is 11.7 Å². The Morgan fingerprint density at radius 1 is 1.15 bits per heavy atom. The predicted molar refractivity (Wildman–Crippen MR) is 104 cm³/mol. The molecule has 0 radical (unpaired) electrons. The Hall–Kier alpha value is -0.880. The van der Waals surface area contributed by atoms with E-state index in [-0.39, 0.29) is 5.82 Å².